The van der Waals surface area contributed by atoms with Crippen LogP contribution in [0.5, 0.6) is 0 Å². The number of ether oxygens (including phenoxy) is 1. The van der Waals surface area contributed by atoms with Crippen molar-refractivity contribution in [3.05, 3.63) is 23.3 Å². The van der Waals surface area contributed by atoms with E-state index in [1.165, 1.54) is 6.20 Å². The molecular formula is C12H18N2O3. The molecule has 0 spiro atoms. The summed E-state index contributed by atoms with van der Waals surface area (Å²) in [4.78, 5) is 19.3. The van der Waals surface area contributed by atoms with E-state index in [-0.39, 0.29) is 11.7 Å². The molecule has 0 bridgehead atoms. The zero-order valence-electron chi connectivity index (χ0n) is 10.4. The van der Waals surface area contributed by atoms with Crippen LogP contribution in [0.4, 0.5) is 0 Å². The topological polar surface area (TPSA) is 72.3 Å². The average Bonchev–Trinajstić information content (AvgIpc) is 2.29. The molecule has 1 unspecified atom stereocenters. The fourth-order valence-corrected chi connectivity index (χ4v) is 1.56. The summed E-state index contributed by atoms with van der Waals surface area (Å²) in [6.07, 6.45) is 2.64. The van der Waals surface area contributed by atoms with Gasteiger partial charge in [0, 0.05) is 12.8 Å². The number of carboxylic acid groups (broad SMARTS) is 1. The number of hydrogen-bond acceptors (Lipinski definition) is 4. The average molecular weight is 238 g/mol. The lowest BCUT2D eigenvalue weighted by atomic mass is 10.1. The molecule has 0 aliphatic heterocycles. The summed E-state index contributed by atoms with van der Waals surface area (Å²) in [6.45, 7) is 6.32. The van der Waals surface area contributed by atoms with Crippen LogP contribution in [0.2, 0.25) is 0 Å². The van der Waals surface area contributed by atoms with Gasteiger partial charge in [-0.05, 0) is 20.3 Å². The quantitative estimate of drug-likeness (QED) is 0.822. The highest BCUT2D eigenvalue weighted by Gasteiger charge is 2.15. The third-order valence-electron chi connectivity index (χ3n) is 2.38. The molecular weight excluding hydrogens is 220 g/mol. The van der Waals surface area contributed by atoms with E-state index in [0.29, 0.717) is 24.5 Å². The van der Waals surface area contributed by atoms with Crippen molar-refractivity contribution in [2.75, 3.05) is 6.61 Å². The van der Waals surface area contributed by atoms with E-state index in [4.69, 9.17) is 9.84 Å². The molecule has 1 aromatic heterocycles. The van der Waals surface area contributed by atoms with Crippen molar-refractivity contribution in [1.82, 2.24) is 9.97 Å². The molecule has 5 heteroatoms. The van der Waals surface area contributed by atoms with Crippen LogP contribution in [-0.2, 0) is 11.2 Å². The number of carbonyl (C=O) groups is 1. The Morgan fingerprint density at radius 2 is 2.24 bits per heavy atom. The first-order chi connectivity index (χ1) is 8.10. The summed E-state index contributed by atoms with van der Waals surface area (Å²) in [5.41, 5.74) is 0.760. The fraction of sp³-hybridized carbons (Fsp3) is 0.583. The van der Waals surface area contributed by atoms with Gasteiger partial charge in [0.05, 0.1) is 11.3 Å². The van der Waals surface area contributed by atoms with Crippen molar-refractivity contribution in [2.24, 2.45) is 0 Å². The van der Waals surface area contributed by atoms with Crippen LogP contribution in [0.25, 0.3) is 0 Å². The van der Waals surface area contributed by atoms with Gasteiger partial charge in [0.25, 0.3) is 0 Å². The first-order valence-corrected chi connectivity index (χ1v) is 5.80. The number of aryl methyl sites for hydroxylation is 1. The van der Waals surface area contributed by atoms with Gasteiger partial charge < -0.3 is 9.84 Å². The normalized spacial score (nSPS) is 12.4. The third kappa shape index (κ3) is 3.49. The van der Waals surface area contributed by atoms with E-state index in [2.05, 4.69) is 9.97 Å². The largest absolute Gasteiger partial charge is 0.478 e. The Hall–Kier alpha value is -1.49. The molecule has 0 fully saturated rings. The minimum atomic E-state index is -0.982. The minimum Gasteiger partial charge on any atom is -0.478 e. The Morgan fingerprint density at radius 1 is 1.53 bits per heavy atom. The molecule has 1 rings (SSSR count). The highest BCUT2D eigenvalue weighted by atomic mass is 16.5. The van der Waals surface area contributed by atoms with Crippen molar-refractivity contribution in [2.45, 2.75) is 39.7 Å². The Bertz CT molecular complexity index is 393. The SMILES string of the molecule is CCCc1nc(C(C)OCC)ncc1C(=O)O. The van der Waals surface area contributed by atoms with Crippen LogP contribution in [0.1, 0.15) is 55.2 Å². The second-order valence-corrected chi connectivity index (χ2v) is 3.74. The molecule has 5 nitrogen and oxygen atoms in total. The molecule has 94 valence electrons. The van der Waals surface area contributed by atoms with E-state index in [1.807, 2.05) is 20.8 Å². The number of rotatable bonds is 6. The van der Waals surface area contributed by atoms with Crippen LogP contribution >= 0.6 is 0 Å². The highest BCUT2D eigenvalue weighted by Crippen LogP contribution is 2.15. The molecule has 1 aromatic rings. The highest BCUT2D eigenvalue weighted by molar-refractivity contribution is 5.88. The Labute approximate surface area is 101 Å². The number of hydrogen-bond donors (Lipinski definition) is 1. The van der Waals surface area contributed by atoms with E-state index in [0.717, 1.165) is 6.42 Å². The van der Waals surface area contributed by atoms with Gasteiger partial charge >= 0.3 is 5.97 Å². The number of aromatic carboxylic acids is 1. The zero-order valence-corrected chi connectivity index (χ0v) is 10.4. The van der Waals surface area contributed by atoms with Gasteiger partial charge in [-0.1, -0.05) is 13.3 Å². The molecule has 0 saturated heterocycles. The Kier molecular flexibility index (Phi) is 5.03. The van der Waals surface area contributed by atoms with Crippen molar-refractivity contribution in [3.63, 3.8) is 0 Å². The number of carboxylic acids is 1. The van der Waals surface area contributed by atoms with E-state index in [9.17, 15) is 4.79 Å². The van der Waals surface area contributed by atoms with Crippen molar-refractivity contribution >= 4 is 5.97 Å². The predicted molar refractivity (Wildman–Crippen MR) is 63.0 cm³/mol. The standard InChI is InChI=1S/C12H18N2O3/c1-4-6-10-9(12(15)16)7-13-11(14-10)8(3)17-5-2/h7-8H,4-6H2,1-3H3,(H,15,16). The van der Waals surface area contributed by atoms with Gasteiger partial charge in [-0.3, -0.25) is 0 Å². The van der Waals surface area contributed by atoms with Gasteiger partial charge in [0.1, 0.15) is 6.10 Å². The first-order valence-electron chi connectivity index (χ1n) is 5.80. The van der Waals surface area contributed by atoms with Gasteiger partial charge in [-0.15, -0.1) is 0 Å². The van der Waals surface area contributed by atoms with Gasteiger partial charge in [-0.2, -0.15) is 0 Å². The lowest BCUT2D eigenvalue weighted by molar-refractivity contribution is 0.0672. The molecule has 1 heterocycles. The van der Waals surface area contributed by atoms with Crippen LogP contribution in [0.15, 0.2) is 6.20 Å². The Morgan fingerprint density at radius 3 is 2.76 bits per heavy atom. The van der Waals surface area contributed by atoms with Gasteiger partial charge in [0.15, 0.2) is 5.82 Å². The van der Waals surface area contributed by atoms with E-state index >= 15 is 0 Å². The molecule has 0 amide bonds. The lowest BCUT2D eigenvalue weighted by Gasteiger charge is -2.12. The molecule has 0 saturated carbocycles. The minimum absolute atomic E-state index is 0.180. The summed E-state index contributed by atoms with van der Waals surface area (Å²) in [5.74, 6) is -0.440. The van der Waals surface area contributed by atoms with Gasteiger partial charge in [0.2, 0.25) is 0 Å². The predicted octanol–water partition coefficient (Wildman–Crippen LogP) is 2.22. The van der Waals surface area contributed by atoms with Crippen LogP contribution < -0.4 is 0 Å². The molecule has 0 aliphatic rings. The summed E-state index contributed by atoms with van der Waals surface area (Å²) < 4.78 is 5.39. The Balaban J connectivity index is 3.04. The number of aromatic nitrogens is 2. The number of nitrogens with zero attached hydrogens (tertiary/aromatic N) is 2. The molecule has 17 heavy (non-hydrogen) atoms. The van der Waals surface area contributed by atoms with Crippen LogP contribution in [-0.4, -0.2) is 27.7 Å². The zero-order chi connectivity index (χ0) is 12.8. The van der Waals surface area contributed by atoms with Gasteiger partial charge in [-0.25, -0.2) is 14.8 Å². The summed E-state index contributed by atoms with van der Waals surface area (Å²) in [6, 6.07) is 0. The first kappa shape index (κ1) is 13.6. The van der Waals surface area contributed by atoms with Crippen molar-refractivity contribution in [1.29, 1.82) is 0 Å². The maximum absolute atomic E-state index is 11.0. The molecule has 1 N–H and O–H groups in total. The van der Waals surface area contributed by atoms with Crippen LogP contribution in [0.3, 0.4) is 0 Å². The molecule has 0 aliphatic carbocycles. The summed E-state index contributed by atoms with van der Waals surface area (Å²) >= 11 is 0. The smallest absolute Gasteiger partial charge is 0.339 e. The lowest BCUT2D eigenvalue weighted by Crippen LogP contribution is -2.12. The maximum atomic E-state index is 11.0. The van der Waals surface area contributed by atoms with Crippen LogP contribution in [0, 0.1) is 0 Å². The second-order valence-electron chi connectivity index (χ2n) is 3.74. The molecule has 0 radical (unpaired) electrons. The van der Waals surface area contributed by atoms with E-state index < -0.39 is 5.97 Å². The molecule has 1 atom stereocenters. The summed E-state index contributed by atoms with van der Waals surface area (Å²) in [5, 5.41) is 9.01. The van der Waals surface area contributed by atoms with Crippen molar-refractivity contribution < 1.29 is 14.6 Å². The fourth-order valence-electron chi connectivity index (χ4n) is 1.56. The summed E-state index contributed by atoms with van der Waals surface area (Å²) in [7, 11) is 0. The third-order valence-corrected chi connectivity index (χ3v) is 2.38. The molecule has 0 aromatic carbocycles. The second kappa shape index (κ2) is 6.30. The van der Waals surface area contributed by atoms with Crippen molar-refractivity contribution in [3.8, 4) is 0 Å². The maximum Gasteiger partial charge on any atom is 0.339 e. The monoisotopic (exact) mass is 238 g/mol. The van der Waals surface area contributed by atoms with E-state index in [1.54, 1.807) is 0 Å².